The Bertz CT molecular complexity index is 987. The number of imide groups is 1. The second kappa shape index (κ2) is 9.39. The smallest absolute Gasteiger partial charge is 0.329 e. The summed E-state index contributed by atoms with van der Waals surface area (Å²) < 4.78 is 6.42. The highest BCUT2D eigenvalue weighted by atomic mass is 79.9. The van der Waals surface area contributed by atoms with Crippen LogP contribution in [0.25, 0.3) is 6.08 Å². The number of nitrogens with zero attached hydrogens (tertiary/aromatic N) is 1. The minimum Gasteiger partial charge on any atom is -0.486 e. The van der Waals surface area contributed by atoms with Gasteiger partial charge in [-0.15, -0.1) is 0 Å². The predicted octanol–water partition coefficient (Wildman–Crippen LogP) is 6.29. The maximum absolute atomic E-state index is 12.3. The number of rotatable bonds is 6. The van der Waals surface area contributed by atoms with Crippen molar-refractivity contribution in [3.05, 3.63) is 66.7 Å². The third-order valence-electron chi connectivity index (χ3n) is 4.11. The van der Waals surface area contributed by atoms with E-state index < -0.39 is 6.03 Å². The van der Waals surface area contributed by atoms with Gasteiger partial charge in [-0.1, -0.05) is 47.8 Å². The number of benzene rings is 2. The molecule has 1 aliphatic rings. The van der Waals surface area contributed by atoms with Gasteiger partial charge in [-0.05, 0) is 63.8 Å². The van der Waals surface area contributed by atoms with Gasteiger partial charge in [0.05, 0.1) is 19.5 Å². The van der Waals surface area contributed by atoms with Gasteiger partial charge in [0, 0.05) is 6.54 Å². The highest BCUT2D eigenvalue weighted by Gasteiger charge is 2.32. The summed E-state index contributed by atoms with van der Waals surface area (Å²) >= 11 is 21.8. The molecule has 5 nitrogen and oxygen atoms in total. The van der Waals surface area contributed by atoms with Crippen LogP contribution >= 0.6 is 50.7 Å². The van der Waals surface area contributed by atoms with Crippen LogP contribution in [0.4, 0.5) is 4.79 Å². The van der Waals surface area contributed by atoms with Gasteiger partial charge in [0.15, 0.2) is 5.75 Å². The molecule has 0 aromatic heterocycles. The number of ether oxygens (including phenoxy) is 1. The fraction of sp³-hybridized carbons (Fsp3) is 0.200. The zero-order valence-electron chi connectivity index (χ0n) is 15.3. The molecular formula is C20H16BrCl3N2O3. The largest absolute Gasteiger partial charge is 0.486 e. The van der Waals surface area contributed by atoms with Gasteiger partial charge in [0.2, 0.25) is 0 Å². The van der Waals surface area contributed by atoms with E-state index in [0.717, 1.165) is 5.56 Å². The van der Waals surface area contributed by atoms with Crippen LogP contribution in [-0.4, -0.2) is 23.4 Å². The lowest BCUT2D eigenvalue weighted by molar-refractivity contribution is -0.122. The topological polar surface area (TPSA) is 58.6 Å². The summed E-state index contributed by atoms with van der Waals surface area (Å²) in [7, 11) is 0. The summed E-state index contributed by atoms with van der Waals surface area (Å²) in [6, 6.07) is 8.22. The van der Waals surface area contributed by atoms with Gasteiger partial charge in [-0.25, -0.2) is 4.79 Å². The van der Waals surface area contributed by atoms with E-state index in [-0.39, 0.29) is 18.2 Å². The number of halogens is 4. The Morgan fingerprint density at radius 2 is 1.86 bits per heavy atom. The van der Waals surface area contributed by atoms with Crippen LogP contribution < -0.4 is 10.1 Å². The Labute approximate surface area is 191 Å². The first kappa shape index (κ1) is 22.0. The van der Waals surface area contributed by atoms with Crippen LogP contribution in [0.3, 0.4) is 0 Å². The number of carbonyl (C=O) groups excluding carboxylic acids is 2. The monoisotopic (exact) mass is 516 g/mol. The minimum atomic E-state index is -0.421. The Morgan fingerprint density at radius 3 is 2.52 bits per heavy atom. The summed E-state index contributed by atoms with van der Waals surface area (Å²) in [5.74, 6) is 0.0957. The molecule has 1 saturated heterocycles. The first-order chi connectivity index (χ1) is 13.8. The molecule has 152 valence electrons. The number of hydrogen-bond donors (Lipinski definition) is 1. The Morgan fingerprint density at radius 1 is 1.10 bits per heavy atom. The first-order valence-corrected chi connectivity index (χ1v) is 10.6. The Kier molecular flexibility index (Phi) is 7.11. The van der Waals surface area contributed by atoms with Gasteiger partial charge in [-0.3, -0.25) is 9.69 Å². The number of carbonyl (C=O) groups is 2. The molecule has 3 amide bonds. The zero-order chi connectivity index (χ0) is 21.1. The molecule has 29 heavy (non-hydrogen) atoms. The van der Waals surface area contributed by atoms with Gasteiger partial charge < -0.3 is 10.1 Å². The molecule has 1 fully saturated rings. The first-order valence-electron chi connectivity index (χ1n) is 8.70. The molecule has 2 aromatic carbocycles. The van der Waals surface area contributed by atoms with Crippen molar-refractivity contribution < 1.29 is 14.3 Å². The van der Waals surface area contributed by atoms with Crippen LogP contribution in [0.5, 0.6) is 5.75 Å². The molecule has 0 bridgehead atoms. The summed E-state index contributed by atoms with van der Waals surface area (Å²) in [5.41, 5.74) is 1.69. The van der Waals surface area contributed by atoms with E-state index in [4.69, 9.17) is 39.5 Å². The van der Waals surface area contributed by atoms with Crippen molar-refractivity contribution in [1.82, 2.24) is 10.2 Å². The van der Waals surface area contributed by atoms with Crippen molar-refractivity contribution in [2.24, 2.45) is 0 Å². The summed E-state index contributed by atoms with van der Waals surface area (Å²) in [4.78, 5) is 25.4. The molecule has 0 spiro atoms. The van der Waals surface area contributed by atoms with Gasteiger partial charge in [-0.2, -0.15) is 0 Å². The highest BCUT2D eigenvalue weighted by Crippen LogP contribution is 2.36. The molecule has 2 aromatic rings. The maximum Gasteiger partial charge on any atom is 0.329 e. The predicted molar refractivity (Wildman–Crippen MR) is 118 cm³/mol. The van der Waals surface area contributed by atoms with Gasteiger partial charge >= 0.3 is 6.03 Å². The molecule has 0 aliphatic carbocycles. The molecule has 1 heterocycles. The minimum absolute atomic E-state index is 0.205. The number of hydrogen-bond acceptors (Lipinski definition) is 3. The standard InChI is InChI=1S/C20H16BrCl3N2O3/c1-2-5-26-19(27)17(25-20(26)28)9-12-6-13(21)18(16(24)8-12)29-10-11-3-4-14(22)15(23)7-11/h3-4,6-9H,2,5,10H2,1H3,(H,25,28)/b17-9+. The van der Waals surface area contributed by atoms with Crippen LogP contribution in [0.15, 0.2) is 40.5 Å². The third kappa shape index (κ3) is 5.07. The Balaban J connectivity index is 1.78. The number of amides is 3. The fourth-order valence-electron chi connectivity index (χ4n) is 2.75. The van der Waals surface area contributed by atoms with Crippen molar-refractivity contribution in [1.29, 1.82) is 0 Å². The average molecular weight is 519 g/mol. The lowest BCUT2D eigenvalue weighted by atomic mass is 10.1. The molecule has 0 atom stereocenters. The molecule has 0 radical (unpaired) electrons. The molecule has 1 N–H and O–H groups in total. The molecule has 9 heteroatoms. The fourth-order valence-corrected chi connectivity index (χ4v) is 4.06. The third-order valence-corrected chi connectivity index (χ3v) is 5.72. The van der Waals surface area contributed by atoms with Crippen LogP contribution in [-0.2, 0) is 11.4 Å². The van der Waals surface area contributed by atoms with Crippen LogP contribution in [0, 0.1) is 0 Å². The maximum atomic E-state index is 12.3. The van der Waals surface area contributed by atoms with Crippen molar-refractivity contribution in [2.45, 2.75) is 20.0 Å². The van der Waals surface area contributed by atoms with E-state index in [0.29, 0.717) is 43.8 Å². The molecule has 1 aliphatic heterocycles. The Hall–Kier alpha value is -1.73. The van der Waals surface area contributed by atoms with E-state index in [1.807, 2.05) is 13.0 Å². The van der Waals surface area contributed by atoms with E-state index in [9.17, 15) is 9.59 Å². The van der Waals surface area contributed by atoms with Crippen molar-refractivity contribution in [2.75, 3.05) is 6.54 Å². The van der Waals surface area contributed by atoms with Gasteiger partial charge in [0.25, 0.3) is 5.91 Å². The lowest BCUT2D eigenvalue weighted by Crippen LogP contribution is -2.31. The number of urea groups is 1. The SMILES string of the molecule is CCCN1C(=O)N/C(=C/c2cc(Cl)c(OCc3ccc(Cl)c(Cl)c3)c(Br)c2)C1=O. The summed E-state index contributed by atoms with van der Waals surface area (Å²) in [6.45, 7) is 2.51. The molecular weight excluding hydrogens is 502 g/mol. The number of nitrogens with one attached hydrogen (secondary N) is 1. The van der Waals surface area contributed by atoms with Crippen LogP contribution in [0.2, 0.25) is 15.1 Å². The second-order valence-electron chi connectivity index (χ2n) is 6.30. The lowest BCUT2D eigenvalue weighted by Gasteiger charge is -2.12. The molecule has 3 rings (SSSR count). The van der Waals surface area contributed by atoms with E-state index >= 15 is 0 Å². The van der Waals surface area contributed by atoms with E-state index in [2.05, 4.69) is 21.2 Å². The quantitative estimate of drug-likeness (QED) is 0.361. The van der Waals surface area contributed by atoms with Crippen molar-refractivity contribution >= 4 is 68.7 Å². The molecule has 0 saturated carbocycles. The van der Waals surface area contributed by atoms with E-state index in [1.54, 1.807) is 30.3 Å². The van der Waals surface area contributed by atoms with E-state index in [1.165, 1.54) is 4.90 Å². The second-order valence-corrected chi connectivity index (χ2v) is 8.37. The summed E-state index contributed by atoms with van der Waals surface area (Å²) in [5, 5.41) is 3.85. The van der Waals surface area contributed by atoms with Gasteiger partial charge in [0.1, 0.15) is 12.3 Å². The zero-order valence-corrected chi connectivity index (χ0v) is 19.1. The summed E-state index contributed by atoms with van der Waals surface area (Å²) in [6.07, 6.45) is 2.27. The normalized spacial score (nSPS) is 15.2. The average Bonchev–Trinajstić information content (AvgIpc) is 2.91. The van der Waals surface area contributed by atoms with Crippen LogP contribution in [0.1, 0.15) is 24.5 Å². The van der Waals surface area contributed by atoms with Crippen molar-refractivity contribution in [3.8, 4) is 5.75 Å². The van der Waals surface area contributed by atoms with Crippen molar-refractivity contribution in [3.63, 3.8) is 0 Å². The molecule has 0 unspecified atom stereocenters. The highest BCUT2D eigenvalue weighted by molar-refractivity contribution is 9.10.